The molecule has 2 aromatic rings. The molecule has 2 saturated heterocycles. The van der Waals surface area contributed by atoms with Gasteiger partial charge in [-0.15, -0.1) is 0 Å². The van der Waals surface area contributed by atoms with Gasteiger partial charge in [0.2, 0.25) is 0 Å². The Balaban J connectivity index is 1.69. The topological polar surface area (TPSA) is 94.6 Å². The molecular formula is C20H17IN4O2. The van der Waals surface area contributed by atoms with Gasteiger partial charge in [0.1, 0.15) is 27.3 Å². The van der Waals surface area contributed by atoms with Gasteiger partial charge in [-0.2, -0.15) is 0 Å². The molecule has 2 aromatic carbocycles. The molecule has 6 rings (SSSR count). The molecule has 136 valence electrons. The fourth-order valence-corrected chi connectivity index (χ4v) is 7.01. The largest absolute Gasteiger partial charge is 0.384 e. The third kappa shape index (κ3) is 1.58. The summed E-state index contributed by atoms with van der Waals surface area (Å²) in [6.07, 6.45) is -1.95. The lowest BCUT2D eigenvalue weighted by molar-refractivity contribution is 0.128. The van der Waals surface area contributed by atoms with Crippen molar-refractivity contribution < 1.29 is 10.2 Å². The number of aliphatic hydroxyl groups is 2. The molecule has 4 aliphatic heterocycles. The van der Waals surface area contributed by atoms with Gasteiger partial charge in [-0.3, -0.25) is 10.8 Å². The van der Waals surface area contributed by atoms with Crippen molar-refractivity contribution in [3.8, 4) is 0 Å². The monoisotopic (exact) mass is 472 g/mol. The molecule has 0 unspecified atom stereocenters. The quantitative estimate of drug-likeness (QED) is 0.350. The highest BCUT2D eigenvalue weighted by molar-refractivity contribution is 14.1. The van der Waals surface area contributed by atoms with Crippen LogP contribution in [-0.4, -0.2) is 46.2 Å². The number of amidine groups is 2. The van der Waals surface area contributed by atoms with Crippen LogP contribution in [0.1, 0.15) is 17.0 Å². The summed E-state index contributed by atoms with van der Waals surface area (Å²) in [5.41, 5.74) is 3.60. The summed E-state index contributed by atoms with van der Waals surface area (Å²) in [6, 6.07) is 15.1. The molecule has 7 heteroatoms. The minimum Gasteiger partial charge on any atom is -0.384 e. The Morgan fingerprint density at radius 3 is 2.33 bits per heavy atom. The van der Waals surface area contributed by atoms with E-state index in [0.717, 1.165) is 22.5 Å². The molecule has 4 heterocycles. The van der Waals surface area contributed by atoms with Crippen molar-refractivity contribution in [2.24, 2.45) is 0 Å². The Labute approximate surface area is 169 Å². The number of hydrogen-bond acceptors (Lipinski definition) is 4. The van der Waals surface area contributed by atoms with Crippen LogP contribution in [-0.2, 0) is 3.42 Å². The second kappa shape index (κ2) is 4.89. The van der Waals surface area contributed by atoms with E-state index in [1.165, 1.54) is 0 Å². The van der Waals surface area contributed by atoms with E-state index in [0.29, 0.717) is 0 Å². The van der Waals surface area contributed by atoms with E-state index in [1.54, 1.807) is 0 Å². The maximum Gasteiger partial charge on any atom is 0.132 e. The molecule has 27 heavy (non-hydrogen) atoms. The number of halogens is 1. The predicted octanol–water partition coefficient (Wildman–Crippen LogP) is 2.18. The van der Waals surface area contributed by atoms with Crippen LogP contribution in [0.3, 0.4) is 0 Å². The van der Waals surface area contributed by atoms with Crippen LogP contribution in [0.4, 0.5) is 11.4 Å². The number of para-hydroxylation sites is 2. The van der Waals surface area contributed by atoms with E-state index < -0.39 is 15.6 Å². The molecule has 0 bridgehead atoms. The van der Waals surface area contributed by atoms with Gasteiger partial charge in [-0.25, -0.2) is 0 Å². The summed E-state index contributed by atoms with van der Waals surface area (Å²) in [4.78, 5) is 3.78. The second-order valence-electron chi connectivity index (χ2n) is 7.66. The van der Waals surface area contributed by atoms with Gasteiger partial charge in [0.25, 0.3) is 0 Å². The Morgan fingerprint density at radius 2 is 1.56 bits per heavy atom. The minimum absolute atomic E-state index is 0.165. The number of alkyl halides is 1. The van der Waals surface area contributed by atoms with Crippen molar-refractivity contribution in [3.63, 3.8) is 0 Å². The van der Waals surface area contributed by atoms with Crippen LogP contribution in [0.15, 0.2) is 48.5 Å². The van der Waals surface area contributed by atoms with Crippen molar-refractivity contribution >= 4 is 45.6 Å². The number of benzene rings is 2. The van der Waals surface area contributed by atoms with Gasteiger partial charge >= 0.3 is 0 Å². The van der Waals surface area contributed by atoms with Crippen molar-refractivity contribution in [2.45, 2.75) is 33.6 Å². The van der Waals surface area contributed by atoms with Gasteiger partial charge in [-0.1, -0.05) is 59.0 Å². The average Bonchev–Trinajstić information content (AvgIpc) is 3.16. The number of anilines is 2. The van der Waals surface area contributed by atoms with Crippen LogP contribution in [0.2, 0.25) is 0 Å². The van der Waals surface area contributed by atoms with Crippen LogP contribution in [0.5, 0.6) is 0 Å². The molecule has 0 saturated carbocycles. The lowest BCUT2D eigenvalue weighted by Crippen LogP contribution is -2.73. The van der Waals surface area contributed by atoms with E-state index >= 15 is 0 Å². The number of nitrogens with zero attached hydrogens (tertiary/aromatic N) is 2. The zero-order chi connectivity index (χ0) is 18.7. The number of hydrogen-bond donors (Lipinski definition) is 4. The van der Waals surface area contributed by atoms with Gasteiger partial charge in [0, 0.05) is 17.3 Å². The first-order chi connectivity index (χ1) is 13.0. The summed E-state index contributed by atoms with van der Waals surface area (Å²) in [5.74, 6) is 0.0497. The molecule has 0 aliphatic carbocycles. The van der Waals surface area contributed by atoms with Crippen LogP contribution >= 0.6 is 22.6 Å². The Kier molecular flexibility index (Phi) is 2.91. The summed E-state index contributed by atoms with van der Waals surface area (Å²) in [6.45, 7) is 0. The van der Waals surface area contributed by atoms with Gasteiger partial charge in [0.15, 0.2) is 0 Å². The molecule has 4 N–H and O–H groups in total. The lowest BCUT2D eigenvalue weighted by Gasteiger charge is -2.55. The smallest absolute Gasteiger partial charge is 0.132 e. The molecule has 4 aliphatic rings. The summed E-state index contributed by atoms with van der Waals surface area (Å²) >= 11 is 2.29. The molecular weight excluding hydrogens is 455 g/mol. The van der Waals surface area contributed by atoms with Gasteiger partial charge in [-0.05, 0) is 23.3 Å². The minimum atomic E-state index is -1.000. The van der Waals surface area contributed by atoms with Crippen molar-refractivity contribution in [2.75, 3.05) is 9.80 Å². The Bertz CT molecular complexity index is 1040. The molecule has 0 radical (unpaired) electrons. The van der Waals surface area contributed by atoms with Crippen molar-refractivity contribution in [3.05, 3.63) is 59.7 Å². The predicted molar refractivity (Wildman–Crippen MR) is 111 cm³/mol. The molecule has 0 aromatic heterocycles. The maximum atomic E-state index is 11.3. The molecule has 6 nitrogen and oxygen atoms in total. The average molecular weight is 472 g/mol. The van der Waals surface area contributed by atoms with Crippen molar-refractivity contribution in [1.82, 2.24) is 0 Å². The van der Waals surface area contributed by atoms with E-state index in [1.807, 2.05) is 58.3 Å². The molecule has 0 spiro atoms. The Hall–Kier alpha value is -1.97. The number of rotatable bonds is 0. The van der Waals surface area contributed by atoms with E-state index in [4.69, 9.17) is 10.8 Å². The van der Waals surface area contributed by atoms with Crippen LogP contribution in [0, 0.1) is 10.8 Å². The zero-order valence-corrected chi connectivity index (χ0v) is 16.3. The second-order valence-corrected chi connectivity index (χ2v) is 9.45. The highest BCUT2D eigenvalue weighted by Crippen LogP contribution is 2.63. The van der Waals surface area contributed by atoms with Crippen molar-refractivity contribution in [1.29, 1.82) is 10.8 Å². The highest BCUT2D eigenvalue weighted by atomic mass is 127. The molecule has 2 fully saturated rings. The van der Waals surface area contributed by atoms with E-state index in [-0.39, 0.29) is 29.7 Å². The van der Waals surface area contributed by atoms with Gasteiger partial charge < -0.3 is 20.0 Å². The fourth-order valence-electron chi connectivity index (χ4n) is 5.62. The SMILES string of the molecule is N=C1[C@H](O)[C@]2(I)c3ccccc3N3C(=N)[C@@H](O)[C@@H]4c5ccccc5N1[C@@H]4[C@@H]32. The first-order valence-corrected chi connectivity index (χ1v) is 10.0. The third-order valence-electron chi connectivity index (χ3n) is 6.63. The Morgan fingerprint density at radius 1 is 0.889 bits per heavy atom. The third-order valence-corrected chi connectivity index (χ3v) is 8.44. The molecule has 0 amide bonds. The van der Waals surface area contributed by atoms with Gasteiger partial charge in [0.05, 0.1) is 12.1 Å². The number of fused-ring (bicyclic) bond motifs is 6. The summed E-state index contributed by atoms with van der Waals surface area (Å²) in [7, 11) is 0. The van der Waals surface area contributed by atoms with Crippen LogP contribution < -0.4 is 9.80 Å². The zero-order valence-electron chi connectivity index (χ0n) is 14.2. The normalized spacial score (nSPS) is 38.0. The lowest BCUT2D eigenvalue weighted by atomic mass is 9.73. The van der Waals surface area contributed by atoms with Crippen LogP contribution in [0.25, 0.3) is 0 Å². The fraction of sp³-hybridized carbons (Fsp3) is 0.300. The standard InChI is InChI=1S/C20H17IN4O2/c21-20-10-6-2-4-8-12(10)25-16(20)14-13(15(26)18(25)22)9-5-1-3-7-11(9)24(14)19(23)17(20)27/h1-8,13-17,22-23,26-27H/t13-,14+,15+,16-,17+,20+/m1/s1. The van der Waals surface area contributed by atoms with E-state index in [2.05, 4.69) is 22.6 Å². The first kappa shape index (κ1) is 16.0. The summed E-state index contributed by atoms with van der Waals surface area (Å²) < 4.78 is -0.737. The van der Waals surface area contributed by atoms with E-state index in [9.17, 15) is 10.2 Å². The maximum absolute atomic E-state index is 11.3. The number of nitrogens with one attached hydrogen (secondary N) is 2. The highest BCUT2D eigenvalue weighted by Gasteiger charge is 2.70. The number of aliphatic hydroxyl groups excluding tert-OH is 2. The first-order valence-electron chi connectivity index (χ1n) is 8.96. The number of piperidine rings is 2. The molecule has 6 atom stereocenters. The summed E-state index contributed by atoms with van der Waals surface area (Å²) in [5, 5.41) is 39.9.